The maximum Gasteiger partial charge on any atom is 0.279 e. The van der Waals surface area contributed by atoms with Crippen LogP contribution in [0.2, 0.25) is 5.02 Å². The van der Waals surface area contributed by atoms with Crippen LogP contribution in [0.3, 0.4) is 0 Å². The molecule has 2 amide bonds. The molecule has 0 radical (unpaired) electrons. The average Bonchev–Trinajstić information content (AvgIpc) is 2.99. The lowest BCUT2D eigenvalue weighted by molar-refractivity contribution is -0.116. The Labute approximate surface area is 152 Å². The molecule has 0 saturated heterocycles. The summed E-state index contributed by atoms with van der Waals surface area (Å²) in [7, 11) is 0. The predicted molar refractivity (Wildman–Crippen MR) is 97.1 cm³/mol. The second-order valence-electron chi connectivity index (χ2n) is 5.05. The first-order valence-electron chi connectivity index (χ1n) is 7.31. The average molecular weight is 373 g/mol. The maximum atomic E-state index is 12.5. The Hall–Kier alpha value is -2.77. The van der Waals surface area contributed by atoms with Gasteiger partial charge >= 0.3 is 0 Å². The van der Waals surface area contributed by atoms with Crippen molar-refractivity contribution in [1.82, 2.24) is 9.17 Å². The standard InChI is InChI=1S/C17H13ClN4O2S/c1-11(23)19-17-15(16(24)20-13-5-3-2-4-6-13)21-22(25-17)14-9-7-12(18)8-10-14/h2-10H,1H3,(H,20,24). The number of halogens is 1. The van der Waals surface area contributed by atoms with E-state index >= 15 is 0 Å². The van der Waals surface area contributed by atoms with Crippen LogP contribution in [0.5, 0.6) is 0 Å². The first-order chi connectivity index (χ1) is 12.0. The van der Waals surface area contributed by atoms with Gasteiger partial charge in [0, 0.05) is 17.6 Å². The van der Waals surface area contributed by atoms with Crippen molar-refractivity contribution >= 4 is 40.6 Å². The van der Waals surface area contributed by atoms with Crippen LogP contribution in [-0.2, 0) is 4.79 Å². The summed E-state index contributed by atoms with van der Waals surface area (Å²) in [5, 5.41) is 7.63. The fraction of sp³-hybridized carbons (Fsp3) is 0.0588. The van der Waals surface area contributed by atoms with Gasteiger partial charge in [-0.15, -0.1) is 5.10 Å². The van der Waals surface area contributed by atoms with Gasteiger partial charge in [0.25, 0.3) is 5.91 Å². The zero-order chi connectivity index (χ0) is 17.8. The van der Waals surface area contributed by atoms with E-state index in [4.69, 9.17) is 11.6 Å². The first kappa shape index (κ1) is 17.1. The number of carbonyl (C=O) groups excluding carboxylic acids is 2. The molecule has 0 saturated carbocycles. The molecule has 0 aliphatic rings. The lowest BCUT2D eigenvalue weighted by Gasteiger charge is -2.02. The minimum Gasteiger partial charge on any atom is -0.321 e. The largest absolute Gasteiger partial charge is 0.321 e. The number of amides is 2. The Balaban J connectivity index is 2.01. The molecule has 1 N–H and O–H groups in total. The smallest absolute Gasteiger partial charge is 0.279 e. The number of anilines is 1. The summed E-state index contributed by atoms with van der Waals surface area (Å²) in [6.45, 7) is 1.32. The zero-order valence-electron chi connectivity index (χ0n) is 13.1. The minimum atomic E-state index is -0.435. The molecular formula is C17H13ClN4O2S. The monoisotopic (exact) mass is 372 g/mol. The second kappa shape index (κ2) is 7.42. The number of hydrogen-bond acceptors (Lipinski definition) is 4. The molecule has 0 fully saturated rings. The van der Waals surface area contributed by atoms with Crippen molar-refractivity contribution in [1.29, 1.82) is 0 Å². The molecule has 8 heteroatoms. The van der Waals surface area contributed by atoms with Crippen LogP contribution in [0, 0.1) is 0 Å². The topological polar surface area (TPSA) is 76.3 Å². The summed E-state index contributed by atoms with van der Waals surface area (Å²) in [5.41, 5.74) is 1.43. The second-order valence-corrected chi connectivity index (χ2v) is 6.40. The number of nitrogens with one attached hydrogen (secondary N) is 1. The third-order valence-electron chi connectivity index (χ3n) is 3.12. The Bertz CT molecular complexity index is 978. The van der Waals surface area contributed by atoms with E-state index in [9.17, 15) is 9.59 Å². The van der Waals surface area contributed by atoms with E-state index in [1.54, 1.807) is 36.4 Å². The highest BCUT2D eigenvalue weighted by Crippen LogP contribution is 2.14. The van der Waals surface area contributed by atoms with Crippen molar-refractivity contribution in [3.63, 3.8) is 0 Å². The van der Waals surface area contributed by atoms with Gasteiger partial charge in [-0.1, -0.05) is 29.8 Å². The van der Waals surface area contributed by atoms with E-state index < -0.39 is 11.8 Å². The molecule has 0 atom stereocenters. The van der Waals surface area contributed by atoms with E-state index in [0.29, 0.717) is 16.4 Å². The normalized spacial score (nSPS) is 11.4. The molecule has 0 bridgehead atoms. The summed E-state index contributed by atoms with van der Waals surface area (Å²) < 4.78 is 1.77. The fourth-order valence-corrected chi connectivity index (χ4v) is 3.06. The van der Waals surface area contributed by atoms with Gasteiger partial charge in [-0.25, -0.2) is 0 Å². The lowest BCUT2D eigenvalue weighted by Crippen LogP contribution is -2.20. The van der Waals surface area contributed by atoms with Gasteiger partial charge in [0.1, 0.15) is 0 Å². The predicted octanol–water partition coefficient (Wildman–Crippen LogP) is 3.29. The van der Waals surface area contributed by atoms with Crippen LogP contribution in [0.4, 0.5) is 5.69 Å². The van der Waals surface area contributed by atoms with Gasteiger partial charge in [0.15, 0.2) is 10.4 Å². The molecule has 0 unspecified atom stereocenters. The molecule has 0 aliphatic carbocycles. The highest BCUT2D eigenvalue weighted by molar-refractivity contribution is 7.04. The highest BCUT2D eigenvalue weighted by atomic mass is 35.5. The van der Waals surface area contributed by atoms with Gasteiger partial charge in [-0.05, 0) is 47.9 Å². The van der Waals surface area contributed by atoms with Crippen LogP contribution in [-0.4, -0.2) is 21.0 Å². The van der Waals surface area contributed by atoms with Crippen molar-refractivity contribution in [2.75, 3.05) is 5.32 Å². The number of carbonyl (C=O) groups is 2. The molecule has 2 aromatic carbocycles. The number of para-hydroxylation sites is 1. The van der Waals surface area contributed by atoms with E-state index in [1.807, 2.05) is 18.2 Å². The third kappa shape index (κ3) is 4.20. The summed E-state index contributed by atoms with van der Waals surface area (Å²) in [6.07, 6.45) is 0. The Morgan fingerprint density at radius 1 is 1.12 bits per heavy atom. The van der Waals surface area contributed by atoms with Crippen molar-refractivity contribution in [3.05, 3.63) is 70.0 Å². The van der Waals surface area contributed by atoms with Gasteiger partial charge in [0.2, 0.25) is 5.91 Å². The molecule has 1 heterocycles. The minimum absolute atomic E-state index is 0.0824. The van der Waals surface area contributed by atoms with Crippen molar-refractivity contribution in [2.24, 2.45) is 4.99 Å². The molecule has 6 nitrogen and oxygen atoms in total. The SMILES string of the molecule is CC(=O)N=c1sn(-c2ccc(Cl)cc2)nc1C(=O)Nc1ccccc1. The van der Waals surface area contributed by atoms with E-state index in [-0.39, 0.29) is 10.4 Å². The molecular weight excluding hydrogens is 360 g/mol. The van der Waals surface area contributed by atoms with Crippen LogP contribution < -0.4 is 9.99 Å². The number of hydrogen-bond donors (Lipinski definition) is 1. The third-order valence-corrected chi connectivity index (χ3v) is 4.29. The molecule has 1 aromatic heterocycles. The fourth-order valence-electron chi connectivity index (χ4n) is 2.03. The number of nitrogens with zero attached hydrogens (tertiary/aromatic N) is 3. The number of benzene rings is 2. The van der Waals surface area contributed by atoms with E-state index in [1.165, 1.54) is 11.0 Å². The van der Waals surface area contributed by atoms with Crippen molar-refractivity contribution in [2.45, 2.75) is 6.92 Å². The summed E-state index contributed by atoms with van der Waals surface area (Å²) >= 11 is 6.99. The van der Waals surface area contributed by atoms with Crippen LogP contribution in [0.1, 0.15) is 17.4 Å². The Morgan fingerprint density at radius 3 is 2.44 bits per heavy atom. The van der Waals surface area contributed by atoms with Gasteiger partial charge < -0.3 is 5.32 Å². The first-order valence-corrected chi connectivity index (χ1v) is 8.46. The molecule has 0 spiro atoms. The summed E-state index contributed by atoms with van der Waals surface area (Å²) in [6, 6.07) is 16.0. The van der Waals surface area contributed by atoms with Crippen LogP contribution in [0.25, 0.3) is 5.69 Å². The highest BCUT2D eigenvalue weighted by Gasteiger charge is 2.16. The summed E-state index contributed by atoms with van der Waals surface area (Å²) in [4.78, 5) is 27.8. The number of rotatable bonds is 3. The van der Waals surface area contributed by atoms with Crippen molar-refractivity contribution < 1.29 is 9.59 Å². The van der Waals surface area contributed by atoms with E-state index in [2.05, 4.69) is 15.4 Å². The van der Waals surface area contributed by atoms with E-state index in [0.717, 1.165) is 11.5 Å². The Morgan fingerprint density at radius 2 is 1.80 bits per heavy atom. The van der Waals surface area contributed by atoms with Crippen LogP contribution >= 0.6 is 23.1 Å². The van der Waals surface area contributed by atoms with Gasteiger partial charge in [-0.3, -0.25) is 9.59 Å². The lowest BCUT2D eigenvalue weighted by atomic mass is 10.3. The molecule has 25 heavy (non-hydrogen) atoms. The molecule has 3 aromatic rings. The molecule has 3 rings (SSSR count). The Kier molecular flexibility index (Phi) is 5.06. The number of aromatic nitrogens is 2. The zero-order valence-corrected chi connectivity index (χ0v) is 14.7. The summed E-state index contributed by atoms with van der Waals surface area (Å²) in [5.74, 6) is -0.837. The van der Waals surface area contributed by atoms with Gasteiger partial charge in [-0.2, -0.15) is 9.06 Å². The maximum absolute atomic E-state index is 12.5. The van der Waals surface area contributed by atoms with Gasteiger partial charge in [0.05, 0.1) is 5.69 Å². The quantitative estimate of drug-likeness (QED) is 0.766. The van der Waals surface area contributed by atoms with Crippen LogP contribution in [0.15, 0.2) is 59.6 Å². The molecule has 0 aliphatic heterocycles. The van der Waals surface area contributed by atoms with Crippen molar-refractivity contribution in [3.8, 4) is 5.69 Å². The molecule has 126 valence electrons.